The summed E-state index contributed by atoms with van der Waals surface area (Å²) in [4.78, 5) is 27.2. The summed E-state index contributed by atoms with van der Waals surface area (Å²) in [6.07, 6.45) is 8.90. The molecule has 0 bridgehead atoms. The van der Waals surface area contributed by atoms with E-state index in [-0.39, 0.29) is 11.9 Å². The van der Waals surface area contributed by atoms with Crippen molar-refractivity contribution in [3.05, 3.63) is 60.0 Å². The molecule has 3 heterocycles. The first-order valence-electron chi connectivity index (χ1n) is 11.0. The highest BCUT2D eigenvalue weighted by molar-refractivity contribution is 5.96. The Morgan fingerprint density at radius 3 is 2.60 bits per heavy atom. The van der Waals surface area contributed by atoms with Crippen LogP contribution in [0, 0.1) is 0 Å². The normalized spacial score (nSPS) is 18.0. The first-order chi connectivity index (χ1) is 14.7. The van der Waals surface area contributed by atoms with Gasteiger partial charge < -0.3 is 14.4 Å². The van der Waals surface area contributed by atoms with Crippen molar-refractivity contribution in [2.45, 2.75) is 44.2 Å². The van der Waals surface area contributed by atoms with Crippen molar-refractivity contribution in [2.24, 2.45) is 0 Å². The molecule has 1 aromatic carbocycles. The monoisotopic (exact) mass is 403 g/mol. The van der Waals surface area contributed by atoms with Gasteiger partial charge in [0.15, 0.2) is 5.65 Å². The molecule has 2 fully saturated rings. The molecule has 1 saturated carbocycles. The predicted molar refractivity (Wildman–Crippen MR) is 118 cm³/mol. The maximum atomic E-state index is 13.6. The molecule has 30 heavy (non-hydrogen) atoms. The largest absolute Gasteiger partial charge is 0.335 e. The fourth-order valence-electron chi connectivity index (χ4n) is 4.47. The lowest BCUT2D eigenvalue weighted by Crippen LogP contribution is -2.47. The predicted octanol–water partition coefficient (Wildman–Crippen LogP) is 3.55. The van der Waals surface area contributed by atoms with Gasteiger partial charge in [-0.25, -0.2) is 9.97 Å². The van der Waals surface area contributed by atoms with E-state index in [2.05, 4.69) is 55.6 Å². The minimum absolute atomic E-state index is 0.0795. The van der Waals surface area contributed by atoms with E-state index in [1.165, 1.54) is 18.4 Å². The van der Waals surface area contributed by atoms with Crippen LogP contribution in [0.4, 0.5) is 0 Å². The number of imidazole rings is 1. The third kappa shape index (κ3) is 3.97. The molecule has 1 amide bonds. The summed E-state index contributed by atoms with van der Waals surface area (Å²) in [5.74, 6) is 0.0795. The molecule has 0 unspecified atom stereocenters. The van der Waals surface area contributed by atoms with Gasteiger partial charge in [0.1, 0.15) is 5.52 Å². The lowest BCUT2D eigenvalue weighted by Gasteiger charge is -2.37. The molecule has 2 aromatic heterocycles. The van der Waals surface area contributed by atoms with Gasteiger partial charge >= 0.3 is 0 Å². The number of nitrogens with zero attached hydrogens (tertiary/aromatic N) is 5. The van der Waals surface area contributed by atoms with E-state index in [0.29, 0.717) is 11.6 Å². The second-order valence-corrected chi connectivity index (χ2v) is 8.72. The molecule has 2 aliphatic rings. The van der Waals surface area contributed by atoms with E-state index in [1.807, 2.05) is 18.5 Å². The average molecular weight is 404 g/mol. The Hall–Kier alpha value is -2.73. The smallest absolute Gasteiger partial charge is 0.255 e. The van der Waals surface area contributed by atoms with Crippen LogP contribution < -0.4 is 0 Å². The third-order valence-electron chi connectivity index (χ3n) is 6.47. The zero-order valence-corrected chi connectivity index (χ0v) is 17.6. The van der Waals surface area contributed by atoms with Gasteiger partial charge in [-0.3, -0.25) is 4.79 Å². The van der Waals surface area contributed by atoms with Gasteiger partial charge in [-0.15, -0.1) is 0 Å². The zero-order chi connectivity index (χ0) is 20.5. The van der Waals surface area contributed by atoms with E-state index >= 15 is 0 Å². The Labute approximate surface area is 177 Å². The van der Waals surface area contributed by atoms with E-state index < -0.39 is 0 Å². The van der Waals surface area contributed by atoms with E-state index in [1.54, 1.807) is 6.20 Å². The SMILES string of the molecule is CN1CCC(N(CCc2ccccc2)C(=O)c2cnc3c(c2)ncn3C2CC2)CC1. The summed E-state index contributed by atoms with van der Waals surface area (Å²) < 4.78 is 2.15. The summed E-state index contributed by atoms with van der Waals surface area (Å²) in [6, 6.07) is 13.2. The van der Waals surface area contributed by atoms with Crippen LogP contribution in [-0.4, -0.2) is 63.0 Å². The van der Waals surface area contributed by atoms with Gasteiger partial charge in [0.25, 0.3) is 5.91 Å². The van der Waals surface area contributed by atoms with Crippen molar-refractivity contribution < 1.29 is 4.79 Å². The summed E-state index contributed by atoms with van der Waals surface area (Å²) in [7, 11) is 2.15. The van der Waals surface area contributed by atoms with Gasteiger partial charge in [-0.2, -0.15) is 0 Å². The fourth-order valence-corrected chi connectivity index (χ4v) is 4.47. The van der Waals surface area contributed by atoms with Gasteiger partial charge in [-0.05, 0) is 63.9 Å². The molecule has 5 rings (SSSR count). The number of carbonyl (C=O) groups excluding carboxylic acids is 1. The van der Waals surface area contributed by atoms with Crippen LogP contribution in [0.1, 0.15) is 47.6 Å². The lowest BCUT2D eigenvalue weighted by molar-refractivity contribution is 0.0594. The standard InChI is InChI=1S/C24H29N5O/c1-27-12-10-21(11-13-27)28(14-9-18-5-3-2-4-6-18)24(30)19-15-22-23(25-16-19)29(17-26-22)20-7-8-20/h2-6,15-17,20-21H,7-14H2,1H3. The Balaban J connectivity index is 1.39. The lowest BCUT2D eigenvalue weighted by atomic mass is 10.0. The van der Waals surface area contributed by atoms with E-state index in [0.717, 1.165) is 50.1 Å². The molecule has 0 atom stereocenters. The van der Waals surface area contributed by atoms with Crippen LogP contribution in [0.5, 0.6) is 0 Å². The molecule has 1 aliphatic heterocycles. The zero-order valence-electron chi connectivity index (χ0n) is 17.6. The highest BCUT2D eigenvalue weighted by Crippen LogP contribution is 2.36. The Morgan fingerprint density at radius 1 is 1.10 bits per heavy atom. The number of rotatable bonds is 6. The number of benzene rings is 1. The molecule has 1 saturated heterocycles. The second-order valence-electron chi connectivity index (χ2n) is 8.72. The topological polar surface area (TPSA) is 54.3 Å². The Kier molecular flexibility index (Phi) is 5.25. The Bertz CT molecular complexity index is 1020. The van der Waals surface area contributed by atoms with Crippen LogP contribution in [0.3, 0.4) is 0 Å². The maximum absolute atomic E-state index is 13.6. The molecular formula is C24H29N5O. The van der Waals surface area contributed by atoms with Crippen molar-refractivity contribution >= 4 is 17.1 Å². The van der Waals surface area contributed by atoms with Crippen molar-refractivity contribution in [3.8, 4) is 0 Å². The molecule has 0 N–H and O–H groups in total. The number of hydrogen-bond donors (Lipinski definition) is 0. The van der Waals surface area contributed by atoms with Crippen molar-refractivity contribution in [1.29, 1.82) is 0 Å². The molecule has 0 spiro atoms. The first-order valence-corrected chi connectivity index (χ1v) is 11.0. The summed E-state index contributed by atoms with van der Waals surface area (Å²) in [5, 5.41) is 0. The highest BCUT2D eigenvalue weighted by atomic mass is 16.2. The van der Waals surface area contributed by atoms with Gasteiger partial charge in [-0.1, -0.05) is 30.3 Å². The summed E-state index contributed by atoms with van der Waals surface area (Å²) in [6.45, 7) is 2.79. The summed E-state index contributed by atoms with van der Waals surface area (Å²) >= 11 is 0. The van der Waals surface area contributed by atoms with E-state index in [9.17, 15) is 4.79 Å². The van der Waals surface area contributed by atoms with Crippen molar-refractivity contribution in [2.75, 3.05) is 26.7 Å². The molecule has 6 nitrogen and oxygen atoms in total. The van der Waals surface area contributed by atoms with Gasteiger partial charge in [0.05, 0.1) is 11.9 Å². The number of pyridine rings is 1. The number of fused-ring (bicyclic) bond motifs is 1. The minimum atomic E-state index is 0.0795. The molecule has 3 aromatic rings. The minimum Gasteiger partial charge on any atom is -0.335 e. The number of carbonyl (C=O) groups is 1. The molecule has 156 valence electrons. The van der Waals surface area contributed by atoms with Crippen LogP contribution in [0.25, 0.3) is 11.2 Å². The molecular weight excluding hydrogens is 374 g/mol. The van der Waals surface area contributed by atoms with Gasteiger partial charge in [0, 0.05) is 24.8 Å². The van der Waals surface area contributed by atoms with Crippen molar-refractivity contribution in [1.82, 2.24) is 24.3 Å². The number of amides is 1. The molecule has 6 heteroatoms. The first kappa shape index (κ1) is 19.2. The molecule has 0 radical (unpaired) electrons. The fraction of sp³-hybridized carbons (Fsp3) is 0.458. The highest BCUT2D eigenvalue weighted by Gasteiger charge is 2.29. The second kappa shape index (κ2) is 8.19. The molecule has 1 aliphatic carbocycles. The van der Waals surface area contributed by atoms with Gasteiger partial charge in [0.2, 0.25) is 0 Å². The average Bonchev–Trinajstić information content (AvgIpc) is 3.54. The van der Waals surface area contributed by atoms with Crippen LogP contribution >= 0.6 is 0 Å². The quantitative estimate of drug-likeness (QED) is 0.632. The number of aromatic nitrogens is 3. The summed E-state index contributed by atoms with van der Waals surface area (Å²) in [5.41, 5.74) is 3.62. The third-order valence-corrected chi connectivity index (χ3v) is 6.47. The number of likely N-dealkylation sites (tertiary alicyclic amines) is 1. The Morgan fingerprint density at radius 2 is 1.87 bits per heavy atom. The van der Waals surface area contributed by atoms with E-state index in [4.69, 9.17) is 0 Å². The van der Waals surface area contributed by atoms with Crippen molar-refractivity contribution in [3.63, 3.8) is 0 Å². The number of piperidine rings is 1. The van der Waals surface area contributed by atoms with Crippen LogP contribution in [-0.2, 0) is 6.42 Å². The maximum Gasteiger partial charge on any atom is 0.255 e. The number of hydrogen-bond acceptors (Lipinski definition) is 4. The van der Waals surface area contributed by atoms with Crippen LogP contribution in [0.2, 0.25) is 0 Å². The van der Waals surface area contributed by atoms with Crippen LogP contribution in [0.15, 0.2) is 48.9 Å².